The third kappa shape index (κ3) is 1.46. The van der Waals surface area contributed by atoms with Crippen LogP contribution in [-0.2, 0) is 0 Å². The van der Waals surface area contributed by atoms with Gasteiger partial charge in [0, 0.05) is 11.3 Å². The third-order valence-corrected chi connectivity index (χ3v) is 1.67. The molecular weight excluding hydrogens is 155 g/mol. The lowest BCUT2D eigenvalue weighted by Gasteiger charge is -2.10. The number of halogens is 1. The molecule has 0 saturated carbocycles. The molecule has 0 aliphatic carbocycles. The van der Waals surface area contributed by atoms with Crippen molar-refractivity contribution in [2.75, 3.05) is 5.73 Å². The van der Waals surface area contributed by atoms with Crippen LogP contribution in [0.1, 0.15) is 11.6 Å². The number of hydrogen-bond acceptors (Lipinski definition) is 2. The molecule has 0 spiro atoms. The zero-order valence-electron chi connectivity index (χ0n) is 6.63. The summed E-state index contributed by atoms with van der Waals surface area (Å²) in [6, 6.07) is 3.95. The van der Waals surface area contributed by atoms with Gasteiger partial charge in [0.2, 0.25) is 0 Å². The first-order valence-electron chi connectivity index (χ1n) is 3.59. The van der Waals surface area contributed by atoms with Crippen LogP contribution in [0.15, 0.2) is 30.9 Å². The van der Waals surface area contributed by atoms with Crippen LogP contribution in [-0.4, -0.2) is 0 Å². The molecular formula is C9H11FN2. The highest BCUT2D eigenvalue weighted by Crippen LogP contribution is 2.22. The second kappa shape index (κ2) is 3.36. The zero-order valence-corrected chi connectivity index (χ0v) is 6.63. The first-order valence-corrected chi connectivity index (χ1v) is 3.59. The number of anilines is 1. The van der Waals surface area contributed by atoms with E-state index in [9.17, 15) is 4.39 Å². The molecule has 1 aromatic carbocycles. The van der Waals surface area contributed by atoms with Gasteiger partial charge in [-0.1, -0.05) is 12.1 Å². The van der Waals surface area contributed by atoms with Gasteiger partial charge in [0.1, 0.15) is 5.82 Å². The van der Waals surface area contributed by atoms with E-state index in [4.69, 9.17) is 11.5 Å². The lowest BCUT2D eigenvalue weighted by atomic mass is 10.1. The van der Waals surface area contributed by atoms with Crippen molar-refractivity contribution in [1.82, 2.24) is 0 Å². The molecule has 3 heteroatoms. The largest absolute Gasteiger partial charge is 0.398 e. The average Bonchev–Trinajstić information content (AvgIpc) is 2.03. The van der Waals surface area contributed by atoms with E-state index < -0.39 is 6.04 Å². The van der Waals surface area contributed by atoms with Gasteiger partial charge < -0.3 is 11.5 Å². The Morgan fingerprint density at radius 1 is 1.50 bits per heavy atom. The van der Waals surface area contributed by atoms with Crippen molar-refractivity contribution in [3.05, 3.63) is 42.2 Å². The van der Waals surface area contributed by atoms with Crippen LogP contribution in [0.2, 0.25) is 0 Å². The van der Waals surface area contributed by atoms with Crippen LogP contribution in [0, 0.1) is 5.82 Å². The van der Waals surface area contributed by atoms with E-state index in [0.717, 1.165) is 0 Å². The second-order valence-corrected chi connectivity index (χ2v) is 2.50. The first kappa shape index (κ1) is 8.74. The zero-order chi connectivity index (χ0) is 9.14. The van der Waals surface area contributed by atoms with Gasteiger partial charge >= 0.3 is 0 Å². The van der Waals surface area contributed by atoms with Crippen molar-refractivity contribution in [2.45, 2.75) is 6.04 Å². The molecule has 0 heterocycles. The fourth-order valence-electron chi connectivity index (χ4n) is 1.02. The molecule has 0 bridgehead atoms. The van der Waals surface area contributed by atoms with Gasteiger partial charge in [0.05, 0.1) is 6.04 Å². The van der Waals surface area contributed by atoms with Gasteiger partial charge in [-0.05, 0) is 12.1 Å². The number of nitrogens with two attached hydrogens (primary N) is 2. The maximum Gasteiger partial charge on any atom is 0.130 e. The summed E-state index contributed by atoms with van der Waals surface area (Å²) in [5.74, 6) is -0.387. The lowest BCUT2D eigenvalue weighted by Crippen LogP contribution is -2.11. The van der Waals surface area contributed by atoms with Gasteiger partial charge in [-0.25, -0.2) is 4.39 Å². The van der Waals surface area contributed by atoms with Gasteiger partial charge in [-0.15, -0.1) is 6.58 Å². The molecule has 0 aliphatic rings. The smallest absolute Gasteiger partial charge is 0.130 e. The Morgan fingerprint density at radius 3 is 2.67 bits per heavy atom. The van der Waals surface area contributed by atoms with Crippen LogP contribution in [0.25, 0.3) is 0 Å². The van der Waals surface area contributed by atoms with E-state index in [-0.39, 0.29) is 5.82 Å². The van der Waals surface area contributed by atoms with Gasteiger partial charge in [0.15, 0.2) is 0 Å². The molecule has 0 fully saturated rings. The monoisotopic (exact) mass is 166 g/mol. The molecule has 0 amide bonds. The number of nitrogen functional groups attached to an aromatic ring is 1. The number of hydrogen-bond donors (Lipinski definition) is 2. The van der Waals surface area contributed by atoms with Crippen molar-refractivity contribution < 1.29 is 4.39 Å². The molecule has 64 valence electrons. The van der Waals surface area contributed by atoms with Gasteiger partial charge in [0.25, 0.3) is 0 Å². The summed E-state index contributed by atoms with van der Waals surface area (Å²) in [6.07, 6.45) is 1.45. The predicted octanol–water partition coefficient (Wildman–Crippen LogP) is 1.59. The molecule has 1 atom stereocenters. The fraction of sp³-hybridized carbons (Fsp3) is 0.111. The highest BCUT2D eigenvalue weighted by Gasteiger charge is 2.10. The molecule has 2 nitrogen and oxygen atoms in total. The summed E-state index contributed by atoms with van der Waals surface area (Å²) in [7, 11) is 0. The summed E-state index contributed by atoms with van der Waals surface area (Å²) in [5, 5.41) is 0. The topological polar surface area (TPSA) is 52.0 Å². The Bertz CT molecular complexity index is 276. The van der Waals surface area contributed by atoms with Gasteiger partial charge in [-0.2, -0.15) is 0 Å². The molecule has 1 unspecified atom stereocenters. The van der Waals surface area contributed by atoms with E-state index >= 15 is 0 Å². The molecule has 4 N–H and O–H groups in total. The minimum absolute atomic E-state index is 0.313. The maximum atomic E-state index is 13.1. The lowest BCUT2D eigenvalue weighted by molar-refractivity contribution is 0.603. The van der Waals surface area contributed by atoms with E-state index in [1.54, 1.807) is 12.1 Å². The predicted molar refractivity (Wildman–Crippen MR) is 47.9 cm³/mol. The van der Waals surface area contributed by atoms with E-state index in [1.165, 1.54) is 12.1 Å². The molecule has 1 aromatic rings. The Hall–Kier alpha value is -1.35. The van der Waals surface area contributed by atoms with E-state index in [2.05, 4.69) is 6.58 Å². The highest BCUT2D eigenvalue weighted by molar-refractivity contribution is 5.49. The van der Waals surface area contributed by atoms with Crippen LogP contribution in [0.3, 0.4) is 0 Å². The van der Waals surface area contributed by atoms with Gasteiger partial charge in [-0.3, -0.25) is 0 Å². The number of benzene rings is 1. The normalized spacial score (nSPS) is 12.5. The van der Waals surface area contributed by atoms with Crippen molar-refractivity contribution in [2.24, 2.45) is 5.73 Å². The summed E-state index contributed by atoms with van der Waals surface area (Å²) < 4.78 is 13.1. The van der Waals surface area contributed by atoms with Crippen molar-refractivity contribution in [1.29, 1.82) is 0 Å². The van der Waals surface area contributed by atoms with Crippen LogP contribution >= 0.6 is 0 Å². The minimum Gasteiger partial charge on any atom is -0.398 e. The van der Waals surface area contributed by atoms with Crippen molar-refractivity contribution >= 4 is 5.69 Å². The standard InChI is InChI=1S/C9H11FN2/c1-2-7(11)9-6(10)4-3-5-8(9)12/h2-5,7H,1,11-12H2. The molecule has 0 aromatic heterocycles. The maximum absolute atomic E-state index is 13.1. The highest BCUT2D eigenvalue weighted by atomic mass is 19.1. The quantitative estimate of drug-likeness (QED) is 0.518. The van der Waals surface area contributed by atoms with E-state index in [1.807, 2.05) is 0 Å². The molecule has 0 radical (unpaired) electrons. The average molecular weight is 166 g/mol. The second-order valence-electron chi connectivity index (χ2n) is 2.50. The summed E-state index contributed by atoms with van der Waals surface area (Å²) in [5.41, 5.74) is 11.8. The summed E-state index contributed by atoms with van der Waals surface area (Å²) in [6.45, 7) is 3.47. The summed E-state index contributed by atoms with van der Waals surface area (Å²) >= 11 is 0. The molecule has 0 saturated heterocycles. The Kier molecular flexibility index (Phi) is 2.45. The fourth-order valence-corrected chi connectivity index (χ4v) is 1.02. The minimum atomic E-state index is -0.536. The Morgan fingerprint density at radius 2 is 2.17 bits per heavy atom. The number of rotatable bonds is 2. The van der Waals surface area contributed by atoms with Crippen molar-refractivity contribution in [3.63, 3.8) is 0 Å². The molecule has 0 aliphatic heterocycles. The Balaban J connectivity index is 3.20. The van der Waals surface area contributed by atoms with Crippen molar-refractivity contribution in [3.8, 4) is 0 Å². The first-order chi connectivity index (χ1) is 5.66. The summed E-state index contributed by atoms with van der Waals surface area (Å²) in [4.78, 5) is 0. The van der Waals surface area contributed by atoms with Crippen LogP contribution in [0.4, 0.5) is 10.1 Å². The van der Waals surface area contributed by atoms with E-state index in [0.29, 0.717) is 11.3 Å². The SMILES string of the molecule is C=CC(N)c1c(N)cccc1F. The molecule has 1 rings (SSSR count). The van der Waals surface area contributed by atoms with Crippen LogP contribution < -0.4 is 11.5 Å². The Labute approximate surface area is 70.7 Å². The third-order valence-electron chi connectivity index (χ3n) is 1.67. The molecule has 12 heavy (non-hydrogen) atoms. The van der Waals surface area contributed by atoms with Crippen LogP contribution in [0.5, 0.6) is 0 Å².